The molecule has 0 aliphatic carbocycles. The molecule has 8 nitrogen and oxygen atoms in total. The highest BCUT2D eigenvalue weighted by atomic mass is 32.2. The van der Waals surface area contributed by atoms with Crippen molar-refractivity contribution in [2.24, 2.45) is 0 Å². The molecule has 2 aromatic rings. The maximum atomic E-state index is 12.6. The van der Waals surface area contributed by atoms with E-state index in [0.717, 1.165) is 12.8 Å². The minimum absolute atomic E-state index is 0.192. The van der Waals surface area contributed by atoms with E-state index in [9.17, 15) is 8.42 Å². The standard InChI is InChI=1S/C15H20N4O4S/c1-2-14-17-15(23-18-14)11-22-12-5-4-8-19(10-12)24(20,21)13-6-3-7-16-9-13/h3,6-7,9,12H,2,4-5,8,10-11H2,1H3. The van der Waals surface area contributed by atoms with Crippen LogP contribution >= 0.6 is 0 Å². The third kappa shape index (κ3) is 3.80. The Bertz CT molecular complexity index is 763. The van der Waals surface area contributed by atoms with Crippen LogP contribution in [0.4, 0.5) is 0 Å². The highest BCUT2D eigenvalue weighted by Crippen LogP contribution is 2.22. The van der Waals surface area contributed by atoms with Crippen LogP contribution < -0.4 is 0 Å². The summed E-state index contributed by atoms with van der Waals surface area (Å²) in [5.74, 6) is 1.05. The van der Waals surface area contributed by atoms with Gasteiger partial charge in [0.25, 0.3) is 5.89 Å². The van der Waals surface area contributed by atoms with E-state index in [4.69, 9.17) is 9.26 Å². The van der Waals surface area contributed by atoms with Gasteiger partial charge in [-0.2, -0.15) is 9.29 Å². The third-order valence-electron chi connectivity index (χ3n) is 3.88. The molecule has 1 saturated heterocycles. The van der Waals surface area contributed by atoms with E-state index < -0.39 is 10.0 Å². The molecule has 0 spiro atoms. The summed E-state index contributed by atoms with van der Waals surface area (Å²) in [6.45, 7) is 2.93. The molecule has 9 heteroatoms. The van der Waals surface area contributed by atoms with Gasteiger partial charge in [0.1, 0.15) is 11.5 Å². The molecule has 130 valence electrons. The van der Waals surface area contributed by atoms with Crippen LogP contribution in [0.2, 0.25) is 0 Å². The molecule has 0 aromatic carbocycles. The van der Waals surface area contributed by atoms with Crippen molar-refractivity contribution in [2.75, 3.05) is 13.1 Å². The van der Waals surface area contributed by atoms with E-state index in [1.807, 2.05) is 6.92 Å². The van der Waals surface area contributed by atoms with Crippen LogP contribution in [-0.4, -0.2) is 47.0 Å². The molecule has 1 aliphatic rings. The van der Waals surface area contributed by atoms with Crippen LogP contribution in [0.5, 0.6) is 0 Å². The van der Waals surface area contributed by atoms with Gasteiger partial charge in [0.05, 0.1) is 6.10 Å². The second kappa shape index (κ2) is 7.37. The summed E-state index contributed by atoms with van der Waals surface area (Å²) in [6, 6.07) is 3.17. The van der Waals surface area contributed by atoms with Crippen molar-refractivity contribution >= 4 is 10.0 Å². The number of piperidine rings is 1. The molecule has 1 unspecified atom stereocenters. The third-order valence-corrected chi connectivity index (χ3v) is 5.73. The maximum absolute atomic E-state index is 12.6. The van der Waals surface area contributed by atoms with Crippen LogP contribution in [-0.2, 0) is 27.8 Å². The first-order valence-electron chi connectivity index (χ1n) is 7.93. The van der Waals surface area contributed by atoms with Gasteiger partial charge in [0.15, 0.2) is 5.82 Å². The normalized spacial score (nSPS) is 19.5. The predicted molar refractivity (Wildman–Crippen MR) is 84.5 cm³/mol. The molecule has 3 rings (SSSR count). The van der Waals surface area contributed by atoms with Gasteiger partial charge in [-0.25, -0.2) is 8.42 Å². The number of pyridine rings is 1. The number of aromatic nitrogens is 3. The largest absolute Gasteiger partial charge is 0.367 e. The lowest BCUT2D eigenvalue weighted by molar-refractivity contribution is -0.00296. The van der Waals surface area contributed by atoms with Crippen molar-refractivity contribution in [3.8, 4) is 0 Å². The van der Waals surface area contributed by atoms with Gasteiger partial charge in [-0.3, -0.25) is 4.98 Å². The number of hydrogen-bond donors (Lipinski definition) is 0. The predicted octanol–water partition coefficient (Wildman–Crippen LogP) is 1.40. The molecule has 24 heavy (non-hydrogen) atoms. The minimum Gasteiger partial charge on any atom is -0.367 e. The van der Waals surface area contributed by atoms with E-state index in [-0.39, 0.29) is 17.6 Å². The Labute approximate surface area is 140 Å². The van der Waals surface area contributed by atoms with Gasteiger partial charge < -0.3 is 9.26 Å². The fraction of sp³-hybridized carbons (Fsp3) is 0.533. The van der Waals surface area contributed by atoms with Crippen LogP contribution in [0.1, 0.15) is 31.5 Å². The molecule has 0 radical (unpaired) electrons. The van der Waals surface area contributed by atoms with E-state index in [0.29, 0.717) is 31.2 Å². The molecule has 1 atom stereocenters. The van der Waals surface area contributed by atoms with Crippen molar-refractivity contribution < 1.29 is 17.7 Å². The second-order valence-corrected chi connectivity index (χ2v) is 7.52. The summed E-state index contributed by atoms with van der Waals surface area (Å²) in [7, 11) is -3.54. The van der Waals surface area contributed by atoms with Crippen molar-refractivity contribution in [3.63, 3.8) is 0 Å². The van der Waals surface area contributed by atoms with Gasteiger partial charge in [0, 0.05) is 31.9 Å². The molecule has 0 amide bonds. The zero-order valence-electron chi connectivity index (χ0n) is 13.5. The minimum atomic E-state index is -3.54. The van der Waals surface area contributed by atoms with Crippen LogP contribution in [0.15, 0.2) is 33.9 Å². The lowest BCUT2D eigenvalue weighted by Crippen LogP contribution is -2.43. The number of sulfonamides is 1. The summed E-state index contributed by atoms with van der Waals surface area (Å²) < 4.78 is 37.6. The zero-order chi connectivity index (χ0) is 17.0. The Balaban J connectivity index is 1.62. The Morgan fingerprint density at radius 1 is 1.46 bits per heavy atom. The van der Waals surface area contributed by atoms with Gasteiger partial charge in [0.2, 0.25) is 10.0 Å². The summed E-state index contributed by atoms with van der Waals surface area (Å²) in [6.07, 6.45) is 4.97. The highest BCUT2D eigenvalue weighted by molar-refractivity contribution is 7.89. The van der Waals surface area contributed by atoms with Crippen LogP contribution in [0.25, 0.3) is 0 Å². The topological polar surface area (TPSA) is 98.4 Å². The molecule has 2 aromatic heterocycles. The monoisotopic (exact) mass is 352 g/mol. The Hall–Kier alpha value is -1.84. The molecule has 0 bridgehead atoms. The Kier molecular flexibility index (Phi) is 5.22. The fourth-order valence-corrected chi connectivity index (χ4v) is 4.06. The number of ether oxygens (including phenoxy) is 1. The summed E-state index contributed by atoms with van der Waals surface area (Å²) in [5, 5.41) is 3.81. The molecule has 0 N–H and O–H groups in total. The summed E-state index contributed by atoms with van der Waals surface area (Å²) >= 11 is 0. The summed E-state index contributed by atoms with van der Waals surface area (Å²) in [4.78, 5) is 8.28. The van der Waals surface area contributed by atoms with Crippen molar-refractivity contribution in [1.82, 2.24) is 19.4 Å². The molecule has 1 fully saturated rings. The van der Waals surface area contributed by atoms with E-state index in [1.54, 1.807) is 18.3 Å². The van der Waals surface area contributed by atoms with E-state index in [1.165, 1.54) is 10.5 Å². The SMILES string of the molecule is CCc1noc(COC2CCCN(S(=O)(=O)c3cccnc3)C2)n1. The van der Waals surface area contributed by atoms with E-state index in [2.05, 4.69) is 15.1 Å². The quantitative estimate of drug-likeness (QED) is 0.775. The van der Waals surface area contributed by atoms with Crippen LogP contribution in [0, 0.1) is 0 Å². The van der Waals surface area contributed by atoms with Crippen molar-refractivity contribution in [3.05, 3.63) is 36.2 Å². The first-order valence-corrected chi connectivity index (χ1v) is 9.37. The number of hydrogen-bond acceptors (Lipinski definition) is 7. The van der Waals surface area contributed by atoms with Crippen molar-refractivity contribution in [1.29, 1.82) is 0 Å². The fourth-order valence-electron chi connectivity index (χ4n) is 2.59. The average molecular weight is 352 g/mol. The maximum Gasteiger partial charge on any atom is 0.252 e. The molecular formula is C15H20N4O4S. The Morgan fingerprint density at radius 3 is 3.04 bits per heavy atom. The average Bonchev–Trinajstić information content (AvgIpc) is 3.09. The second-order valence-electron chi connectivity index (χ2n) is 5.58. The lowest BCUT2D eigenvalue weighted by atomic mass is 10.1. The Morgan fingerprint density at radius 2 is 2.33 bits per heavy atom. The van der Waals surface area contributed by atoms with Crippen LogP contribution in [0.3, 0.4) is 0 Å². The molecule has 0 saturated carbocycles. The van der Waals surface area contributed by atoms with Gasteiger partial charge >= 0.3 is 0 Å². The first-order chi connectivity index (χ1) is 11.6. The van der Waals surface area contributed by atoms with E-state index >= 15 is 0 Å². The molecule has 3 heterocycles. The molecule has 1 aliphatic heterocycles. The number of rotatable bonds is 6. The highest BCUT2D eigenvalue weighted by Gasteiger charge is 2.31. The zero-order valence-corrected chi connectivity index (χ0v) is 14.3. The van der Waals surface area contributed by atoms with Crippen molar-refractivity contribution in [2.45, 2.75) is 43.8 Å². The number of aryl methyl sites for hydroxylation is 1. The first kappa shape index (κ1) is 17.0. The molecular weight excluding hydrogens is 332 g/mol. The van der Waals surface area contributed by atoms with Gasteiger partial charge in [-0.05, 0) is 25.0 Å². The number of nitrogens with zero attached hydrogens (tertiary/aromatic N) is 4. The summed E-state index contributed by atoms with van der Waals surface area (Å²) in [5.41, 5.74) is 0. The van der Waals surface area contributed by atoms with Gasteiger partial charge in [-0.1, -0.05) is 12.1 Å². The van der Waals surface area contributed by atoms with Gasteiger partial charge in [-0.15, -0.1) is 0 Å². The smallest absolute Gasteiger partial charge is 0.252 e. The lowest BCUT2D eigenvalue weighted by Gasteiger charge is -2.31.